The van der Waals surface area contributed by atoms with E-state index in [0.717, 1.165) is 19.4 Å². The van der Waals surface area contributed by atoms with Gasteiger partial charge < -0.3 is 0 Å². The van der Waals surface area contributed by atoms with Crippen molar-refractivity contribution in [3.8, 4) is 0 Å². The van der Waals surface area contributed by atoms with Crippen molar-refractivity contribution in [2.24, 2.45) is 0 Å². The first-order chi connectivity index (χ1) is 6.45. The van der Waals surface area contributed by atoms with Crippen LogP contribution in [0.1, 0.15) is 33.1 Å². The highest BCUT2D eigenvalue weighted by Crippen LogP contribution is 2.41. The van der Waals surface area contributed by atoms with Crippen LogP contribution < -0.4 is 0 Å². The molecule has 2 saturated heterocycles. The molecule has 82 valence electrons. The number of hydrogen-bond acceptors (Lipinski definition) is 3. The summed E-state index contributed by atoms with van der Waals surface area (Å²) in [6.45, 7) is 5.55. The molecule has 0 bridgehead atoms. The van der Waals surface area contributed by atoms with E-state index in [-0.39, 0.29) is 5.54 Å². The summed E-state index contributed by atoms with van der Waals surface area (Å²) in [5.41, 5.74) is 0.249. The molecule has 14 heavy (non-hydrogen) atoms. The van der Waals surface area contributed by atoms with Gasteiger partial charge in [0.05, 0.1) is 11.5 Å². The lowest BCUT2D eigenvalue weighted by atomic mass is 9.78. The third-order valence-corrected chi connectivity index (χ3v) is 5.46. The van der Waals surface area contributed by atoms with Crippen molar-refractivity contribution in [2.75, 3.05) is 18.1 Å². The van der Waals surface area contributed by atoms with Gasteiger partial charge in [0.25, 0.3) is 0 Å². The third kappa shape index (κ3) is 1.58. The van der Waals surface area contributed by atoms with Gasteiger partial charge >= 0.3 is 0 Å². The predicted molar refractivity (Wildman–Crippen MR) is 57.1 cm³/mol. The third-order valence-electron chi connectivity index (χ3n) is 3.81. The quantitative estimate of drug-likeness (QED) is 0.659. The van der Waals surface area contributed by atoms with E-state index in [2.05, 4.69) is 18.7 Å². The second kappa shape index (κ2) is 3.20. The Bertz CT molecular complexity index is 307. The van der Waals surface area contributed by atoms with Gasteiger partial charge in [-0.2, -0.15) is 0 Å². The van der Waals surface area contributed by atoms with E-state index < -0.39 is 9.84 Å². The standard InChI is InChI=1S/C10H19NO2S/c1-9(2)11-6-3-10(11)4-7-14(12,13)8-5-10/h9H,3-8H2,1-2H3. The van der Waals surface area contributed by atoms with E-state index in [0.29, 0.717) is 17.5 Å². The van der Waals surface area contributed by atoms with Gasteiger partial charge in [0.15, 0.2) is 0 Å². The van der Waals surface area contributed by atoms with Crippen LogP contribution in [-0.2, 0) is 9.84 Å². The van der Waals surface area contributed by atoms with Gasteiger partial charge in [-0.1, -0.05) is 0 Å². The molecular weight excluding hydrogens is 198 g/mol. The second-order valence-electron chi connectivity index (χ2n) is 4.91. The molecule has 0 aromatic carbocycles. The molecule has 2 aliphatic heterocycles. The molecule has 2 heterocycles. The number of rotatable bonds is 1. The molecule has 0 saturated carbocycles. The van der Waals surface area contributed by atoms with Crippen molar-refractivity contribution in [1.82, 2.24) is 4.90 Å². The lowest BCUT2D eigenvalue weighted by molar-refractivity contribution is -0.0467. The molecule has 0 N–H and O–H groups in total. The number of hydrogen-bond donors (Lipinski definition) is 0. The molecular formula is C10H19NO2S. The minimum Gasteiger partial charge on any atom is -0.295 e. The average molecular weight is 217 g/mol. The van der Waals surface area contributed by atoms with Crippen LogP contribution in [0.5, 0.6) is 0 Å². The van der Waals surface area contributed by atoms with Crippen LogP contribution in [-0.4, -0.2) is 42.9 Å². The van der Waals surface area contributed by atoms with Gasteiger partial charge in [0.1, 0.15) is 9.84 Å². The maximum atomic E-state index is 11.3. The zero-order valence-corrected chi connectivity index (χ0v) is 9.81. The van der Waals surface area contributed by atoms with Crippen LogP contribution in [0.4, 0.5) is 0 Å². The van der Waals surface area contributed by atoms with Crippen LogP contribution in [0.2, 0.25) is 0 Å². The zero-order valence-electron chi connectivity index (χ0n) is 8.99. The van der Waals surface area contributed by atoms with E-state index in [9.17, 15) is 8.42 Å². The van der Waals surface area contributed by atoms with Crippen molar-refractivity contribution in [3.05, 3.63) is 0 Å². The molecule has 0 radical (unpaired) electrons. The Morgan fingerprint density at radius 2 is 1.71 bits per heavy atom. The summed E-state index contributed by atoms with van der Waals surface area (Å²) in [6, 6.07) is 0.560. The molecule has 3 nitrogen and oxygen atoms in total. The summed E-state index contributed by atoms with van der Waals surface area (Å²) >= 11 is 0. The highest BCUT2D eigenvalue weighted by Gasteiger charge is 2.48. The fraction of sp³-hybridized carbons (Fsp3) is 1.00. The fourth-order valence-electron chi connectivity index (χ4n) is 2.82. The maximum absolute atomic E-state index is 11.3. The Labute approximate surface area is 86.4 Å². The molecule has 0 aromatic heterocycles. The van der Waals surface area contributed by atoms with Crippen molar-refractivity contribution in [3.63, 3.8) is 0 Å². The summed E-state index contributed by atoms with van der Waals surface area (Å²) in [6.07, 6.45) is 2.90. The van der Waals surface area contributed by atoms with Gasteiger partial charge in [0, 0.05) is 18.1 Å². The van der Waals surface area contributed by atoms with E-state index in [1.807, 2.05) is 0 Å². The number of sulfone groups is 1. The molecule has 0 unspecified atom stereocenters. The largest absolute Gasteiger partial charge is 0.295 e. The van der Waals surface area contributed by atoms with Crippen LogP contribution in [0.25, 0.3) is 0 Å². The Morgan fingerprint density at radius 3 is 2.07 bits per heavy atom. The van der Waals surface area contributed by atoms with Gasteiger partial charge in [-0.05, 0) is 33.1 Å². The van der Waals surface area contributed by atoms with Crippen LogP contribution in [0.3, 0.4) is 0 Å². The Morgan fingerprint density at radius 1 is 1.14 bits per heavy atom. The summed E-state index contributed by atoms with van der Waals surface area (Å²) in [5, 5.41) is 0. The van der Waals surface area contributed by atoms with Crippen molar-refractivity contribution in [1.29, 1.82) is 0 Å². The SMILES string of the molecule is CC(C)N1CCC12CCS(=O)(=O)CC2. The Hall–Kier alpha value is -0.0900. The summed E-state index contributed by atoms with van der Waals surface area (Å²) < 4.78 is 22.7. The molecule has 0 atom stereocenters. The summed E-state index contributed by atoms with van der Waals surface area (Å²) in [7, 11) is -2.71. The molecule has 2 fully saturated rings. The first-order valence-corrected chi connectivity index (χ1v) is 7.25. The Kier molecular flexibility index (Phi) is 2.39. The molecule has 2 rings (SSSR count). The van der Waals surface area contributed by atoms with Crippen LogP contribution in [0, 0.1) is 0 Å². The highest BCUT2D eigenvalue weighted by atomic mass is 32.2. The monoisotopic (exact) mass is 217 g/mol. The van der Waals surface area contributed by atoms with E-state index in [1.54, 1.807) is 0 Å². The van der Waals surface area contributed by atoms with E-state index in [1.165, 1.54) is 6.42 Å². The minimum absolute atomic E-state index is 0.249. The molecule has 1 spiro atoms. The zero-order chi connectivity index (χ0) is 10.4. The predicted octanol–water partition coefficient (Wildman–Crippen LogP) is 1.05. The smallest absolute Gasteiger partial charge is 0.150 e. The second-order valence-corrected chi connectivity index (χ2v) is 7.22. The van der Waals surface area contributed by atoms with Crippen molar-refractivity contribution < 1.29 is 8.42 Å². The minimum atomic E-state index is -2.71. The van der Waals surface area contributed by atoms with E-state index in [4.69, 9.17) is 0 Å². The molecule has 4 heteroatoms. The van der Waals surface area contributed by atoms with Crippen molar-refractivity contribution >= 4 is 9.84 Å². The average Bonchev–Trinajstić information content (AvgIpc) is 2.01. The molecule has 2 aliphatic rings. The van der Waals surface area contributed by atoms with Crippen molar-refractivity contribution in [2.45, 2.75) is 44.7 Å². The molecule has 0 aliphatic carbocycles. The topological polar surface area (TPSA) is 37.4 Å². The number of nitrogens with zero attached hydrogens (tertiary/aromatic N) is 1. The fourth-order valence-corrected chi connectivity index (χ4v) is 4.40. The lowest BCUT2D eigenvalue weighted by Crippen LogP contribution is -2.64. The maximum Gasteiger partial charge on any atom is 0.150 e. The summed E-state index contributed by atoms with van der Waals surface area (Å²) in [4.78, 5) is 2.47. The van der Waals surface area contributed by atoms with Crippen LogP contribution in [0.15, 0.2) is 0 Å². The van der Waals surface area contributed by atoms with Gasteiger partial charge in [-0.3, -0.25) is 4.90 Å². The first kappa shape index (κ1) is 10.4. The first-order valence-electron chi connectivity index (χ1n) is 5.42. The van der Waals surface area contributed by atoms with E-state index >= 15 is 0 Å². The molecule has 0 amide bonds. The van der Waals surface area contributed by atoms with Gasteiger partial charge in [-0.15, -0.1) is 0 Å². The normalized spacial score (nSPS) is 30.5. The van der Waals surface area contributed by atoms with Crippen LogP contribution >= 0.6 is 0 Å². The summed E-state index contributed by atoms with van der Waals surface area (Å²) in [5.74, 6) is 0.798. The highest BCUT2D eigenvalue weighted by molar-refractivity contribution is 7.91. The van der Waals surface area contributed by atoms with Gasteiger partial charge in [-0.25, -0.2) is 8.42 Å². The van der Waals surface area contributed by atoms with Gasteiger partial charge in [0.2, 0.25) is 0 Å². The number of likely N-dealkylation sites (tertiary alicyclic amines) is 1. The molecule has 0 aromatic rings. The lowest BCUT2D eigenvalue weighted by Gasteiger charge is -2.57. The Balaban J connectivity index is 2.07.